The summed E-state index contributed by atoms with van der Waals surface area (Å²) in [6, 6.07) is 12.6. The number of aryl methyl sites for hydroxylation is 1. The molecule has 2 heterocycles. The third kappa shape index (κ3) is 4.61. The SMILES string of the molecule is Cn1c(=O)c(Cc2ccc(C(=N)N)cc2)nc2cc(C3(C(=O)N4CCCCC4CC(=O)O)CC3)ccc21. The summed E-state index contributed by atoms with van der Waals surface area (Å²) in [5.74, 6) is -0.886. The first kappa shape index (κ1) is 24.7. The fourth-order valence-electron chi connectivity index (χ4n) is 5.51. The molecular weight excluding hydrogens is 470 g/mol. The van der Waals surface area contributed by atoms with Gasteiger partial charge in [-0.05, 0) is 55.4 Å². The van der Waals surface area contributed by atoms with Crippen molar-refractivity contribution in [3.05, 3.63) is 75.2 Å². The fraction of sp³-hybridized carbons (Fsp3) is 0.393. The number of aliphatic carboxylic acids is 1. The Morgan fingerprint density at radius 3 is 2.54 bits per heavy atom. The van der Waals surface area contributed by atoms with Crippen LogP contribution in [0.25, 0.3) is 11.0 Å². The smallest absolute Gasteiger partial charge is 0.305 e. The van der Waals surface area contributed by atoms with Gasteiger partial charge in [0.2, 0.25) is 5.91 Å². The van der Waals surface area contributed by atoms with Gasteiger partial charge in [0.1, 0.15) is 11.5 Å². The number of nitrogen functional groups attached to an aromatic ring is 1. The molecule has 9 nitrogen and oxygen atoms in total. The number of hydrogen-bond donors (Lipinski definition) is 3. The molecule has 3 aromatic rings. The summed E-state index contributed by atoms with van der Waals surface area (Å²) < 4.78 is 1.58. The highest BCUT2D eigenvalue weighted by Crippen LogP contribution is 2.50. The lowest BCUT2D eigenvalue weighted by Crippen LogP contribution is -2.49. The lowest BCUT2D eigenvalue weighted by Gasteiger charge is -2.37. The van der Waals surface area contributed by atoms with Crippen molar-refractivity contribution in [2.45, 2.75) is 56.4 Å². The Kier molecular flexibility index (Phi) is 6.31. The van der Waals surface area contributed by atoms with Crippen molar-refractivity contribution in [2.75, 3.05) is 6.54 Å². The number of carbonyl (C=O) groups is 2. The van der Waals surface area contributed by atoms with E-state index in [-0.39, 0.29) is 29.8 Å². The number of carboxylic acids is 1. The van der Waals surface area contributed by atoms with Crippen LogP contribution in [0.15, 0.2) is 47.3 Å². The molecule has 1 aliphatic heterocycles. The number of nitrogens with one attached hydrogen (secondary N) is 1. The second-order valence-corrected chi connectivity index (χ2v) is 10.2. The molecule has 1 saturated carbocycles. The van der Waals surface area contributed by atoms with Gasteiger partial charge < -0.3 is 20.3 Å². The molecule has 1 atom stereocenters. The quantitative estimate of drug-likeness (QED) is 0.336. The largest absolute Gasteiger partial charge is 0.481 e. The van der Waals surface area contributed by atoms with Crippen LogP contribution >= 0.6 is 0 Å². The molecular formula is C28H31N5O4. The third-order valence-corrected chi connectivity index (χ3v) is 7.79. The van der Waals surface area contributed by atoms with Crippen LogP contribution in [0, 0.1) is 5.41 Å². The van der Waals surface area contributed by atoms with Crippen LogP contribution in [0.2, 0.25) is 0 Å². The van der Waals surface area contributed by atoms with Gasteiger partial charge in [-0.2, -0.15) is 0 Å². The number of piperidine rings is 1. The number of carbonyl (C=O) groups excluding carboxylic acids is 1. The number of carboxylic acid groups (broad SMARTS) is 1. The normalized spacial score (nSPS) is 18.5. The molecule has 0 bridgehead atoms. The number of nitrogens with two attached hydrogens (primary N) is 1. The number of hydrogen-bond acceptors (Lipinski definition) is 5. The van der Waals surface area contributed by atoms with Gasteiger partial charge in [0.25, 0.3) is 5.56 Å². The average Bonchev–Trinajstić information content (AvgIpc) is 3.69. The van der Waals surface area contributed by atoms with Crippen LogP contribution in [-0.2, 0) is 28.5 Å². The second-order valence-electron chi connectivity index (χ2n) is 10.2. The van der Waals surface area contributed by atoms with E-state index in [0.29, 0.717) is 41.7 Å². The van der Waals surface area contributed by atoms with E-state index in [1.54, 1.807) is 28.6 Å². The molecule has 0 spiro atoms. The Hall–Kier alpha value is -4.01. The number of fused-ring (bicyclic) bond motifs is 1. The Bertz CT molecular complexity index is 1460. The highest BCUT2D eigenvalue weighted by Gasteiger charge is 2.54. The van der Waals surface area contributed by atoms with Gasteiger partial charge in [-0.15, -0.1) is 0 Å². The van der Waals surface area contributed by atoms with Crippen LogP contribution in [-0.4, -0.2) is 49.9 Å². The van der Waals surface area contributed by atoms with Crippen LogP contribution in [0.5, 0.6) is 0 Å². The Morgan fingerprint density at radius 1 is 1.16 bits per heavy atom. The van der Waals surface area contributed by atoms with Crippen molar-refractivity contribution in [1.29, 1.82) is 5.41 Å². The van der Waals surface area contributed by atoms with Crippen LogP contribution in [0.4, 0.5) is 0 Å². The number of amides is 1. The molecule has 1 saturated heterocycles. The maximum Gasteiger partial charge on any atom is 0.305 e. The summed E-state index contributed by atoms with van der Waals surface area (Å²) >= 11 is 0. The van der Waals surface area contributed by atoms with E-state index in [9.17, 15) is 19.5 Å². The number of likely N-dealkylation sites (tertiary alicyclic amines) is 1. The van der Waals surface area contributed by atoms with E-state index >= 15 is 0 Å². The average molecular weight is 502 g/mol. The number of amidine groups is 1. The zero-order chi connectivity index (χ0) is 26.3. The maximum absolute atomic E-state index is 13.7. The van der Waals surface area contributed by atoms with Crippen LogP contribution in [0.3, 0.4) is 0 Å². The van der Waals surface area contributed by atoms with Crippen molar-refractivity contribution in [3.63, 3.8) is 0 Å². The first-order chi connectivity index (χ1) is 17.7. The zero-order valence-electron chi connectivity index (χ0n) is 20.9. The minimum atomic E-state index is -0.881. The highest BCUT2D eigenvalue weighted by molar-refractivity contribution is 5.95. The van der Waals surface area contributed by atoms with Gasteiger partial charge in [-0.25, -0.2) is 4.98 Å². The first-order valence-electron chi connectivity index (χ1n) is 12.7. The minimum absolute atomic E-state index is 0.00778. The predicted octanol–water partition coefficient (Wildman–Crippen LogP) is 2.70. The molecule has 1 aliphatic carbocycles. The molecule has 4 N–H and O–H groups in total. The molecule has 2 fully saturated rings. The summed E-state index contributed by atoms with van der Waals surface area (Å²) in [5, 5.41) is 16.9. The van der Waals surface area contributed by atoms with Gasteiger partial charge in [0, 0.05) is 31.6 Å². The molecule has 2 aliphatic rings. The van der Waals surface area contributed by atoms with Gasteiger partial charge in [-0.1, -0.05) is 30.3 Å². The Morgan fingerprint density at radius 2 is 1.89 bits per heavy atom. The molecule has 1 unspecified atom stereocenters. The Balaban J connectivity index is 1.47. The number of benzene rings is 2. The van der Waals surface area contributed by atoms with E-state index in [1.165, 1.54) is 0 Å². The van der Waals surface area contributed by atoms with E-state index in [4.69, 9.17) is 16.1 Å². The molecule has 9 heteroatoms. The predicted molar refractivity (Wildman–Crippen MR) is 140 cm³/mol. The molecule has 37 heavy (non-hydrogen) atoms. The zero-order valence-corrected chi connectivity index (χ0v) is 20.9. The van der Waals surface area contributed by atoms with Crippen molar-refractivity contribution in [3.8, 4) is 0 Å². The van der Waals surface area contributed by atoms with Crippen molar-refractivity contribution < 1.29 is 14.7 Å². The molecule has 0 radical (unpaired) electrons. The summed E-state index contributed by atoms with van der Waals surface area (Å²) in [5.41, 5.74) is 8.81. The van der Waals surface area contributed by atoms with Crippen molar-refractivity contribution in [2.24, 2.45) is 12.8 Å². The monoisotopic (exact) mass is 501 g/mol. The van der Waals surface area contributed by atoms with Crippen LogP contribution in [0.1, 0.15) is 60.9 Å². The summed E-state index contributed by atoms with van der Waals surface area (Å²) in [6.07, 6.45) is 4.27. The van der Waals surface area contributed by atoms with Crippen LogP contribution < -0.4 is 11.3 Å². The summed E-state index contributed by atoms with van der Waals surface area (Å²) in [4.78, 5) is 44.7. The second kappa shape index (κ2) is 9.46. The Labute approximate surface area is 214 Å². The van der Waals surface area contributed by atoms with Crippen molar-refractivity contribution >= 4 is 28.7 Å². The molecule has 192 valence electrons. The van der Waals surface area contributed by atoms with Gasteiger partial charge >= 0.3 is 5.97 Å². The standard InChI is InChI=1S/C28H31N5O4/c1-32-23-10-9-19(28(11-12-28)27(37)33-13-3-2-4-20(33)16-24(34)35)15-21(23)31-22(26(32)36)14-17-5-7-18(8-6-17)25(29)30/h5-10,15,20H,2-4,11-14,16H2,1H3,(H3,29,30)(H,34,35). The molecule has 1 aromatic heterocycles. The van der Waals surface area contributed by atoms with Gasteiger partial charge in [0.15, 0.2) is 0 Å². The third-order valence-electron chi connectivity index (χ3n) is 7.79. The molecule has 5 rings (SSSR count). The molecule has 2 aromatic carbocycles. The number of aromatic nitrogens is 2. The van der Waals surface area contributed by atoms with E-state index in [1.807, 2.05) is 30.3 Å². The van der Waals surface area contributed by atoms with E-state index in [0.717, 1.165) is 36.8 Å². The van der Waals surface area contributed by atoms with Gasteiger partial charge in [-0.3, -0.25) is 19.8 Å². The minimum Gasteiger partial charge on any atom is -0.481 e. The first-order valence-corrected chi connectivity index (χ1v) is 12.7. The molecule has 1 amide bonds. The van der Waals surface area contributed by atoms with E-state index in [2.05, 4.69) is 0 Å². The number of nitrogens with zero attached hydrogens (tertiary/aromatic N) is 3. The fourth-order valence-corrected chi connectivity index (χ4v) is 5.51. The topological polar surface area (TPSA) is 142 Å². The summed E-state index contributed by atoms with van der Waals surface area (Å²) in [6.45, 7) is 0.589. The highest BCUT2D eigenvalue weighted by atomic mass is 16.4. The maximum atomic E-state index is 13.7. The van der Waals surface area contributed by atoms with Crippen molar-refractivity contribution in [1.82, 2.24) is 14.5 Å². The summed E-state index contributed by atoms with van der Waals surface area (Å²) in [7, 11) is 1.72. The van der Waals surface area contributed by atoms with Gasteiger partial charge in [0.05, 0.1) is 22.9 Å². The lowest BCUT2D eigenvalue weighted by atomic mass is 9.90. The van der Waals surface area contributed by atoms with E-state index < -0.39 is 11.4 Å². The number of rotatable bonds is 7. The lowest BCUT2D eigenvalue weighted by molar-refractivity contribution is -0.143.